The molecule has 1 aliphatic rings. The summed E-state index contributed by atoms with van der Waals surface area (Å²) in [6.45, 7) is 2.06. The van der Waals surface area contributed by atoms with Crippen molar-refractivity contribution in [2.75, 3.05) is 0 Å². The van der Waals surface area contributed by atoms with Gasteiger partial charge in [0.1, 0.15) is 0 Å². The largest absolute Gasteiger partial charge is 0.416 e. The lowest BCUT2D eigenvalue weighted by atomic mass is 10.1. The molecule has 1 aliphatic carbocycles. The Morgan fingerprint density at radius 2 is 1.78 bits per heavy atom. The van der Waals surface area contributed by atoms with Crippen LogP contribution >= 0.6 is 0 Å². The smallest absolute Gasteiger partial charge is 0.248 e. The Labute approximate surface area is 106 Å². The minimum atomic E-state index is 0.574. The van der Waals surface area contributed by atoms with Crippen molar-refractivity contribution in [3.8, 4) is 11.5 Å². The van der Waals surface area contributed by atoms with Crippen molar-refractivity contribution in [3.05, 3.63) is 53.9 Å². The molecule has 0 radical (unpaired) electrons. The summed E-state index contributed by atoms with van der Waals surface area (Å²) in [6, 6.07) is 8.08. The van der Waals surface area contributed by atoms with Crippen molar-refractivity contribution in [1.29, 1.82) is 0 Å². The molecule has 0 saturated carbocycles. The van der Waals surface area contributed by atoms with E-state index in [4.69, 9.17) is 4.42 Å². The average molecular weight is 238 g/mol. The maximum atomic E-state index is 5.71. The topological polar surface area (TPSA) is 38.9 Å². The van der Waals surface area contributed by atoms with Gasteiger partial charge in [0.15, 0.2) is 0 Å². The molecule has 1 heterocycles. The Hall–Kier alpha value is -2.16. The minimum absolute atomic E-state index is 0.574. The van der Waals surface area contributed by atoms with E-state index in [9.17, 15) is 0 Å². The Morgan fingerprint density at radius 3 is 2.50 bits per heavy atom. The minimum Gasteiger partial charge on any atom is -0.416 e. The highest BCUT2D eigenvalue weighted by atomic mass is 16.4. The molecule has 0 saturated heterocycles. The molecule has 0 fully saturated rings. The molecule has 0 unspecified atom stereocenters. The van der Waals surface area contributed by atoms with Crippen molar-refractivity contribution in [3.63, 3.8) is 0 Å². The molecule has 0 spiro atoms. The summed E-state index contributed by atoms with van der Waals surface area (Å²) in [5.74, 6) is 1.17. The molecule has 90 valence electrons. The van der Waals surface area contributed by atoms with Gasteiger partial charge in [-0.1, -0.05) is 35.9 Å². The van der Waals surface area contributed by atoms with Crippen molar-refractivity contribution < 1.29 is 4.42 Å². The van der Waals surface area contributed by atoms with Gasteiger partial charge >= 0.3 is 0 Å². The predicted molar refractivity (Wildman–Crippen MR) is 70.8 cm³/mol. The van der Waals surface area contributed by atoms with Crippen LogP contribution < -0.4 is 0 Å². The highest BCUT2D eigenvalue weighted by Gasteiger charge is 2.11. The number of aryl methyl sites for hydroxylation is 1. The summed E-state index contributed by atoms with van der Waals surface area (Å²) < 4.78 is 5.71. The Balaban J connectivity index is 1.91. The molecule has 0 N–H and O–H groups in total. The first kappa shape index (κ1) is 11.0. The van der Waals surface area contributed by atoms with Gasteiger partial charge < -0.3 is 4.42 Å². The van der Waals surface area contributed by atoms with Crippen molar-refractivity contribution in [2.24, 2.45) is 0 Å². The van der Waals surface area contributed by atoms with Crippen LogP contribution in [0.3, 0.4) is 0 Å². The Bertz CT molecular complexity index is 606. The van der Waals surface area contributed by atoms with Crippen LogP contribution in [-0.4, -0.2) is 10.2 Å². The molecule has 0 bridgehead atoms. The third kappa shape index (κ3) is 2.12. The van der Waals surface area contributed by atoms with E-state index in [1.807, 2.05) is 30.3 Å². The third-order valence-electron chi connectivity index (χ3n) is 2.97. The molecule has 3 rings (SSSR count). The lowest BCUT2D eigenvalue weighted by molar-refractivity contribution is 0.554. The second-order valence-electron chi connectivity index (χ2n) is 4.42. The molecule has 0 atom stereocenters. The van der Waals surface area contributed by atoms with Crippen molar-refractivity contribution in [2.45, 2.75) is 19.8 Å². The van der Waals surface area contributed by atoms with Gasteiger partial charge in [0, 0.05) is 11.1 Å². The number of benzene rings is 1. The highest BCUT2D eigenvalue weighted by Crippen LogP contribution is 2.24. The fourth-order valence-electron chi connectivity index (χ4n) is 1.92. The molecular weight excluding hydrogens is 224 g/mol. The number of hydrogen-bond donors (Lipinski definition) is 0. The van der Waals surface area contributed by atoms with E-state index in [0.29, 0.717) is 11.8 Å². The summed E-state index contributed by atoms with van der Waals surface area (Å²) in [6.07, 6.45) is 8.42. The normalized spacial score (nSPS) is 14.6. The van der Waals surface area contributed by atoms with Gasteiger partial charge in [0.25, 0.3) is 0 Å². The van der Waals surface area contributed by atoms with E-state index < -0.39 is 0 Å². The zero-order chi connectivity index (χ0) is 12.4. The number of nitrogens with zero attached hydrogens (tertiary/aromatic N) is 2. The molecule has 2 aromatic rings. The fraction of sp³-hybridized carbons (Fsp3) is 0.200. The van der Waals surface area contributed by atoms with Crippen LogP contribution in [-0.2, 0) is 0 Å². The molecule has 18 heavy (non-hydrogen) atoms. The van der Waals surface area contributed by atoms with E-state index >= 15 is 0 Å². The number of rotatable bonds is 2. The molecule has 0 amide bonds. The van der Waals surface area contributed by atoms with Gasteiger partial charge in [0.05, 0.1) is 0 Å². The lowest BCUT2D eigenvalue weighted by Crippen LogP contribution is -1.85. The summed E-state index contributed by atoms with van der Waals surface area (Å²) in [4.78, 5) is 0. The number of allylic oxidation sites excluding steroid dienone is 4. The van der Waals surface area contributed by atoms with Crippen LogP contribution in [0, 0.1) is 6.92 Å². The first-order valence-electron chi connectivity index (χ1n) is 6.10. The molecule has 0 aliphatic heterocycles. The van der Waals surface area contributed by atoms with Crippen LogP contribution in [0.4, 0.5) is 0 Å². The van der Waals surface area contributed by atoms with E-state index in [0.717, 1.165) is 24.0 Å². The Morgan fingerprint density at radius 1 is 1.00 bits per heavy atom. The van der Waals surface area contributed by atoms with Crippen LogP contribution in [0.25, 0.3) is 17.0 Å². The lowest BCUT2D eigenvalue weighted by Gasteiger charge is -2.01. The first-order chi connectivity index (χ1) is 8.83. The summed E-state index contributed by atoms with van der Waals surface area (Å²) in [5, 5.41) is 8.20. The van der Waals surface area contributed by atoms with Crippen LogP contribution in [0.1, 0.15) is 24.3 Å². The van der Waals surface area contributed by atoms with Gasteiger partial charge in [-0.3, -0.25) is 0 Å². The van der Waals surface area contributed by atoms with Gasteiger partial charge in [-0.25, -0.2) is 0 Å². The second-order valence-corrected chi connectivity index (χ2v) is 4.42. The van der Waals surface area contributed by atoms with Crippen LogP contribution in [0.5, 0.6) is 0 Å². The summed E-state index contributed by atoms with van der Waals surface area (Å²) in [5.41, 5.74) is 3.20. The third-order valence-corrected chi connectivity index (χ3v) is 2.97. The summed E-state index contributed by atoms with van der Waals surface area (Å²) in [7, 11) is 0. The molecular formula is C15H14N2O. The second kappa shape index (κ2) is 4.61. The van der Waals surface area contributed by atoms with E-state index in [1.165, 1.54) is 5.56 Å². The number of aromatic nitrogens is 2. The maximum absolute atomic E-state index is 5.71. The van der Waals surface area contributed by atoms with E-state index in [-0.39, 0.29) is 0 Å². The number of hydrogen-bond acceptors (Lipinski definition) is 3. The van der Waals surface area contributed by atoms with Gasteiger partial charge in [-0.2, -0.15) is 0 Å². The van der Waals surface area contributed by atoms with Crippen LogP contribution in [0.2, 0.25) is 0 Å². The van der Waals surface area contributed by atoms with Crippen molar-refractivity contribution in [1.82, 2.24) is 10.2 Å². The van der Waals surface area contributed by atoms with Gasteiger partial charge in [-0.15, -0.1) is 10.2 Å². The monoisotopic (exact) mass is 238 g/mol. The van der Waals surface area contributed by atoms with E-state index in [2.05, 4.69) is 29.3 Å². The fourth-order valence-corrected chi connectivity index (χ4v) is 1.92. The predicted octanol–water partition coefficient (Wildman–Crippen LogP) is 3.78. The maximum Gasteiger partial charge on any atom is 0.248 e. The standard InChI is InChI=1S/C15H14N2O/c1-11-7-9-13(10-8-11)15-17-16-14(18-15)12-5-3-2-4-6-12/h3,5-10H,2,4H2,1H3. The van der Waals surface area contributed by atoms with Crippen LogP contribution in [0.15, 0.2) is 46.9 Å². The average Bonchev–Trinajstić information content (AvgIpc) is 2.90. The van der Waals surface area contributed by atoms with E-state index in [1.54, 1.807) is 0 Å². The molecule has 1 aromatic heterocycles. The SMILES string of the molecule is Cc1ccc(-c2nnc(C3=CCCC=C3)o2)cc1. The first-order valence-corrected chi connectivity index (χ1v) is 6.10. The van der Waals surface area contributed by atoms with Gasteiger partial charge in [0.2, 0.25) is 11.8 Å². The summed E-state index contributed by atoms with van der Waals surface area (Å²) >= 11 is 0. The molecule has 3 nitrogen and oxygen atoms in total. The quantitative estimate of drug-likeness (QED) is 0.799. The van der Waals surface area contributed by atoms with Gasteiger partial charge in [-0.05, 0) is 31.9 Å². The zero-order valence-electron chi connectivity index (χ0n) is 10.3. The highest BCUT2D eigenvalue weighted by molar-refractivity contribution is 5.70. The molecule has 3 heteroatoms. The molecule has 1 aromatic carbocycles. The zero-order valence-corrected chi connectivity index (χ0v) is 10.3. The Kier molecular flexibility index (Phi) is 2.81. The van der Waals surface area contributed by atoms with Crippen molar-refractivity contribution >= 4 is 5.57 Å².